The van der Waals surface area contributed by atoms with Crippen LogP contribution in [0.15, 0.2) is 0 Å². The normalized spacial score (nSPS) is 12.3. The van der Waals surface area contributed by atoms with Crippen LogP contribution >= 0.6 is 0 Å². The number of rotatable bonds is 6. The number of carbonyl (C=O) groups is 1. The Morgan fingerprint density at radius 1 is 1.22 bits per heavy atom. The van der Waals surface area contributed by atoms with E-state index in [1.165, 1.54) is 0 Å². The molecule has 1 amide bonds. The molecular weight excluding hydrogens is 249 g/mol. The summed E-state index contributed by atoms with van der Waals surface area (Å²) in [7, 11) is 0. The van der Waals surface area contributed by atoms with Gasteiger partial charge >= 0.3 is 12.3 Å². The summed E-state index contributed by atoms with van der Waals surface area (Å²) in [4.78, 5) is 13.1. The van der Waals surface area contributed by atoms with Crippen molar-refractivity contribution >= 4 is 6.09 Å². The predicted molar refractivity (Wildman–Crippen MR) is 62.4 cm³/mol. The van der Waals surface area contributed by atoms with Crippen LogP contribution in [0, 0.1) is 0 Å². The van der Waals surface area contributed by atoms with Gasteiger partial charge in [-0.1, -0.05) is 0 Å². The third kappa shape index (κ3) is 8.16. The number of nitrogens with one attached hydrogen (secondary N) is 1. The Hall–Kier alpha value is -0.980. The van der Waals surface area contributed by atoms with Crippen LogP contribution in [0.1, 0.15) is 27.7 Å². The number of alkyl carbamates (subject to hydrolysis) is 1. The van der Waals surface area contributed by atoms with E-state index in [0.29, 0.717) is 18.6 Å². The molecule has 18 heavy (non-hydrogen) atoms. The molecule has 4 nitrogen and oxygen atoms in total. The lowest BCUT2D eigenvalue weighted by Gasteiger charge is -2.30. The molecule has 108 valence electrons. The summed E-state index contributed by atoms with van der Waals surface area (Å²) in [5, 5.41) is 2.29. The SMILES string of the molecule is CC(C)N(CCNC(=O)OCC(F)(F)F)C(C)C. The van der Waals surface area contributed by atoms with Crippen LogP contribution < -0.4 is 5.32 Å². The first-order valence-electron chi connectivity index (χ1n) is 5.86. The predicted octanol–water partition coefficient (Wildman–Crippen LogP) is 2.39. The van der Waals surface area contributed by atoms with Crippen LogP contribution in [-0.2, 0) is 4.74 Å². The molecule has 0 spiro atoms. The summed E-state index contributed by atoms with van der Waals surface area (Å²) >= 11 is 0. The lowest BCUT2D eigenvalue weighted by atomic mass is 10.2. The molecule has 0 rings (SSSR count). The van der Waals surface area contributed by atoms with Gasteiger partial charge in [0.25, 0.3) is 0 Å². The molecule has 0 aliphatic heterocycles. The minimum Gasteiger partial charge on any atom is -0.440 e. The third-order valence-electron chi connectivity index (χ3n) is 2.33. The largest absolute Gasteiger partial charge is 0.440 e. The van der Waals surface area contributed by atoms with Crippen LogP contribution in [0.5, 0.6) is 0 Å². The van der Waals surface area contributed by atoms with Gasteiger partial charge in [-0.25, -0.2) is 4.79 Å². The summed E-state index contributed by atoms with van der Waals surface area (Å²) in [6.45, 7) is 7.33. The zero-order valence-corrected chi connectivity index (χ0v) is 11.2. The zero-order valence-electron chi connectivity index (χ0n) is 11.2. The van der Waals surface area contributed by atoms with E-state index >= 15 is 0 Å². The fraction of sp³-hybridized carbons (Fsp3) is 0.909. The standard InChI is InChI=1S/C11H21F3N2O2/c1-8(2)16(9(3)4)6-5-15-10(17)18-7-11(12,13)14/h8-9H,5-7H2,1-4H3,(H,15,17). The van der Waals surface area contributed by atoms with Crippen molar-refractivity contribution in [3.05, 3.63) is 0 Å². The van der Waals surface area contributed by atoms with E-state index < -0.39 is 18.9 Å². The highest BCUT2D eigenvalue weighted by atomic mass is 19.4. The highest BCUT2D eigenvalue weighted by molar-refractivity contribution is 5.67. The van der Waals surface area contributed by atoms with Crippen LogP contribution in [0.25, 0.3) is 0 Å². The van der Waals surface area contributed by atoms with Crippen molar-refractivity contribution in [1.82, 2.24) is 10.2 Å². The fourth-order valence-electron chi connectivity index (χ4n) is 1.60. The number of carbonyl (C=O) groups excluding carboxylic acids is 1. The van der Waals surface area contributed by atoms with Crippen LogP contribution in [0.4, 0.5) is 18.0 Å². The van der Waals surface area contributed by atoms with Crippen molar-refractivity contribution in [2.24, 2.45) is 0 Å². The smallest absolute Gasteiger partial charge is 0.422 e. The van der Waals surface area contributed by atoms with Crippen LogP contribution in [0.2, 0.25) is 0 Å². The Labute approximate surface area is 105 Å². The second-order valence-electron chi connectivity index (χ2n) is 4.54. The molecule has 1 N–H and O–H groups in total. The van der Waals surface area contributed by atoms with Crippen LogP contribution in [-0.4, -0.2) is 48.9 Å². The Bertz CT molecular complexity index is 247. The van der Waals surface area contributed by atoms with Crippen molar-refractivity contribution in [3.8, 4) is 0 Å². The highest BCUT2D eigenvalue weighted by Gasteiger charge is 2.29. The summed E-state index contributed by atoms with van der Waals surface area (Å²) in [5.41, 5.74) is 0. The minimum atomic E-state index is -4.49. The Morgan fingerprint density at radius 3 is 2.11 bits per heavy atom. The van der Waals surface area contributed by atoms with Crippen molar-refractivity contribution in [2.45, 2.75) is 46.0 Å². The van der Waals surface area contributed by atoms with E-state index in [0.717, 1.165) is 0 Å². The number of hydrogen-bond donors (Lipinski definition) is 1. The number of amides is 1. The second-order valence-corrected chi connectivity index (χ2v) is 4.54. The molecule has 0 heterocycles. The van der Waals surface area contributed by atoms with E-state index in [2.05, 4.69) is 15.0 Å². The molecular formula is C11H21F3N2O2. The van der Waals surface area contributed by atoms with Crippen molar-refractivity contribution in [2.75, 3.05) is 19.7 Å². The Balaban J connectivity index is 3.86. The molecule has 0 atom stereocenters. The van der Waals surface area contributed by atoms with Gasteiger partial charge in [0, 0.05) is 25.2 Å². The average molecular weight is 270 g/mol. The molecule has 0 aromatic rings. The lowest BCUT2D eigenvalue weighted by Crippen LogP contribution is -2.42. The number of nitrogens with zero attached hydrogens (tertiary/aromatic N) is 1. The van der Waals surface area contributed by atoms with Gasteiger partial charge in [-0.15, -0.1) is 0 Å². The topological polar surface area (TPSA) is 41.6 Å². The summed E-state index contributed by atoms with van der Waals surface area (Å²) in [6, 6.07) is 0.607. The first-order valence-corrected chi connectivity index (χ1v) is 5.86. The maximum Gasteiger partial charge on any atom is 0.422 e. The highest BCUT2D eigenvalue weighted by Crippen LogP contribution is 2.14. The molecule has 0 radical (unpaired) electrons. The van der Waals surface area contributed by atoms with E-state index in [1.807, 2.05) is 27.7 Å². The average Bonchev–Trinajstić information content (AvgIpc) is 2.19. The van der Waals surface area contributed by atoms with E-state index in [-0.39, 0.29) is 6.54 Å². The molecule has 0 fully saturated rings. The quantitative estimate of drug-likeness (QED) is 0.805. The zero-order chi connectivity index (χ0) is 14.3. The molecule has 0 saturated carbocycles. The Kier molecular flexibility index (Phi) is 7.05. The monoisotopic (exact) mass is 270 g/mol. The summed E-state index contributed by atoms with van der Waals surface area (Å²) in [6.07, 6.45) is -5.53. The van der Waals surface area contributed by atoms with Gasteiger partial charge in [-0.2, -0.15) is 13.2 Å². The van der Waals surface area contributed by atoms with Gasteiger partial charge in [0.1, 0.15) is 0 Å². The van der Waals surface area contributed by atoms with E-state index in [9.17, 15) is 18.0 Å². The minimum absolute atomic E-state index is 0.257. The molecule has 0 unspecified atom stereocenters. The van der Waals surface area contributed by atoms with Gasteiger partial charge in [0.2, 0.25) is 0 Å². The maximum absolute atomic E-state index is 11.8. The molecule has 0 saturated heterocycles. The van der Waals surface area contributed by atoms with Gasteiger partial charge < -0.3 is 10.1 Å². The van der Waals surface area contributed by atoms with Gasteiger partial charge in [-0.3, -0.25) is 4.90 Å². The maximum atomic E-state index is 11.8. The van der Waals surface area contributed by atoms with Crippen molar-refractivity contribution in [1.29, 1.82) is 0 Å². The Morgan fingerprint density at radius 2 is 1.72 bits per heavy atom. The third-order valence-corrected chi connectivity index (χ3v) is 2.33. The number of ether oxygens (including phenoxy) is 1. The molecule has 0 aliphatic rings. The van der Waals surface area contributed by atoms with Crippen LogP contribution in [0.3, 0.4) is 0 Å². The first kappa shape index (κ1) is 17.0. The van der Waals surface area contributed by atoms with Gasteiger partial charge in [-0.05, 0) is 27.7 Å². The molecule has 0 bridgehead atoms. The summed E-state index contributed by atoms with van der Waals surface area (Å²) in [5.74, 6) is 0. The first-order chi connectivity index (χ1) is 8.13. The number of alkyl halides is 3. The second kappa shape index (κ2) is 7.45. The molecule has 0 aliphatic carbocycles. The lowest BCUT2D eigenvalue weighted by molar-refractivity contribution is -0.160. The van der Waals surface area contributed by atoms with E-state index in [1.54, 1.807) is 0 Å². The van der Waals surface area contributed by atoms with Crippen molar-refractivity contribution < 1.29 is 22.7 Å². The fourth-order valence-corrected chi connectivity index (χ4v) is 1.60. The molecule has 7 heteroatoms. The van der Waals surface area contributed by atoms with Crippen molar-refractivity contribution in [3.63, 3.8) is 0 Å². The number of hydrogen-bond acceptors (Lipinski definition) is 3. The molecule has 0 aromatic carbocycles. The summed E-state index contributed by atoms with van der Waals surface area (Å²) < 4.78 is 39.3. The molecule has 0 aromatic heterocycles. The number of halogens is 3. The van der Waals surface area contributed by atoms with Gasteiger partial charge in [0.15, 0.2) is 6.61 Å². The van der Waals surface area contributed by atoms with E-state index in [4.69, 9.17) is 0 Å². The van der Waals surface area contributed by atoms with Gasteiger partial charge in [0.05, 0.1) is 0 Å².